The molecule has 0 saturated carbocycles. The molecule has 0 aromatic heterocycles. The second-order valence-electron chi connectivity index (χ2n) is 3.32. The number of carbonyl (C=O) groups is 1. The van der Waals surface area contributed by atoms with Crippen molar-refractivity contribution in [1.82, 2.24) is 10.2 Å². The zero-order valence-electron chi connectivity index (χ0n) is 8.26. The van der Waals surface area contributed by atoms with Crippen LogP contribution in [0.4, 0.5) is 0 Å². The van der Waals surface area contributed by atoms with Gasteiger partial charge in [0.15, 0.2) is 0 Å². The predicted octanol–water partition coefficient (Wildman–Crippen LogP) is 0.220. The second-order valence-corrected chi connectivity index (χ2v) is 3.32. The number of nitrogens with zero attached hydrogens (tertiary/aromatic N) is 1. The molecule has 0 radical (unpaired) electrons. The van der Waals surface area contributed by atoms with E-state index in [0.717, 1.165) is 19.5 Å². The van der Waals surface area contributed by atoms with Crippen LogP contribution >= 0.6 is 0 Å². The summed E-state index contributed by atoms with van der Waals surface area (Å²) in [7, 11) is 1.85. The Labute approximate surface area is 79.5 Å². The lowest BCUT2D eigenvalue weighted by atomic mass is 10.1. The molecule has 0 bridgehead atoms. The molecule has 1 fully saturated rings. The van der Waals surface area contributed by atoms with Gasteiger partial charge in [-0.25, -0.2) is 0 Å². The van der Waals surface area contributed by atoms with Crippen LogP contribution in [0.25, 0.3) is 0 Å². The van der Waals surface area contributed by atoms with Gasteiger partial charge in [0.25, 0.3) is 0 Å². The third kappa shape index (κ3) is 3.08. The highest BCUT2D eigenvalue weighted by molar-refractivity contribution is 5.76. The molecule has 1 aliphatic rings. The van der Waals surface area contributed by atoms with Crippen LogP contribution in [0.5, 0.6) is 0 Å². The minimum atomic E-state index is 0.250. The molecule has 1 atom stereocenters. The number of carbonyl (C=O) groups excluding carboxylic acids is 1. The maximum absolute atomic E-state index is 11.1. The van der Waals surface area contributed by atoms with Crippen molar-refractivity contribution in [2.45, 2.75) is 25.8 Å². The van der Waals surface area contributed by atoms with Gasteiger partial charge in [-0.05, 0) is 13.3 Å². The molecular formula is C10H16N2O. The summed E-state index contributed by atoms with van der Waals surface area (Å²) in [5.41, 5.74) is 0. The monoisotopic (exact) mass is 180 g/mol. The van der Waals surface area contributed by atoms with Crippen molar-refractivity contribution in [3.63, 3.8) is 0 Å². The Hall–Kier alpha value is -1.01. The molecule has 1 N–H and O–H groups in total. The highest BCUT2D eigenvalue weighted by Gasteiger charge is 2.21. The molecule has 1 saturated heterocycles. The zero-order chi connectivity index (χ0) is 9.68. The number of likely N-dealkylation sites (tertiary alicyclic amines) is 1. The molecule has 0 aliphatic carbocycles. The average Bonchev–Trinajstić information content (AvgIpc) is 2.12. The first-order valence-electron chi connectivity index (χ1n) is 4.61. The third-order valence-corrected chi connectivity index (χ3v) is 2.28. The van der Waals surface area contributed by atoms with E-state index in [1.165, 1.54) is 0 Å². The van der Waals surface area contributed by atoms with Gasteiger partial charge in [0, 0.05) is 26.1 Å². The fourth-order valence-corrected chi connectivity index (χ4v) is 1.46. The van der Waals surface area contributed by atoms with Gasteiger partial charge in [0.1, 0.15) is 0 Å². The van der Waals surface area contributed by atoms with E-state index in [2.05, 4.69) is 17.2 Å². The molecule has 1 amide bonds. The van der Waals surface area contributed by atoms with E-state index >= 15 is 0 Å². The van der Waals surface area contributed by atoms with Crippen molar-refractivity contribution in [3.8, 4) is 11.8 Å². The fraction of sp³-hybridized carbons (Fsp3) is 0.700. The number of hydrogen-bond donors (Lipinski definition) is 1. The number of piperidine rings is 1. The average molecular weight is 180 g/mol. The van der Waals surface area contributed by atoms with Gasteiger partial charge in [0.2, 0.25) is 5.91 Å². The standard InChI is InChI=1S/C10H16N2O/c1-3-4-7-11-9-5-6-10(13)12(2)8-9/h9,11H,5-8H2,1-2H3. The number of amides is 1. The molecular weight excluding hydrogens is 164 g/mol. The molecule has 0 spiro atoms. The smallest absolute Gasteiger partial charge is 0.222 e. The summed E-state index contributed by atoms with van der Waals surface area (Å²) in [4.78, 5) is 12.9. The summed E-state index contributed by atoms with van der Waals surface area (Å²) < 4.78 is 0. The van der Waals surface area contributed by atoms with Crippen molar-refractivity contribution in [2.24, 2.45) is 0 Å². The maximum Gasteiger partial charge on any atom is 0.222 e. The van der Waals surface area contributed by atoms with Crippen molar-refractivity contribution < 1.29 is 4.79 Å². The lowest BCUT2D eigenvalue weighted by molar-refractivity contribution is -0.132. The first-order valence-corrected chi connectivity index (χ1v) is 4.61. The minimum absolute atomic E-state index is 0.250. The van der Waals surface area contributed by atoms with Gasteiger partial charge < -0.3 is 10.2 Å². The molecule has 1 rings (SSSR count). The summed E-state index contributed by atoms with van der Waals surface area (Å²) in [6.45, 7) is 3.37. The predicted molar refractivity (Wildman–Crippen MR) is 52.1 cm³/mol. The van der Waals surface area contributed by atoms with Crippen LogP contribution in [0.2, 0.25) is 0 Å². The number of likely N-dealkylation sites (N-methyl/N-ethyl adjacent to an activating group) is 1. The van der Waals surface area contributed by atoms with E-state index in [4.69, 9.17) is 0 Å². The van der Waals surface area contributed by atoms with Gasteiger partial charge in [-0.1, -0.05) is 5.92 Å². The first-order chi connectivity index (χ1) is 6.24. The summed E-state index contributed by atoms with van der Waals surface area (Å²) in [5, 5.41) is 3.31. The van der Waals surface area contributed by atoms with Crippen LogP contribution in [0.1, 0.15) is 19.8 Å². The van der Waals surface area contributed by atoms with Crippen LogP contribution in [0.3, 0.4) is 0 Å². The molecule has 0 aromatic rings. The molecule has 0 aromatic carbocycles. The Balaban J connectivity index is 2.28. The van der Waals surface area contributed by atoms with Crippen molar-refractivity contribution in [1.29, 1.82) is 0 Å². The van der Waals surface area contributed by atoms with E-state index in [1.807, 2.05) is 14.0 Å². The summed E-state index contributed by atoms with van der Waals surface area (Å²) >= 11 is 0. The minimum Gasteiger partial charge on any atom is -0.344 e. The Kier molecular flexibility index (Phi) is 3.78. The van der Waals surface area contributed by atoms with E-state index in [0.29, 0.717) is 12.5 Å². The van der Waals surface area contributed by atoms with Gasteiger partial charge in [-0.15, -0.1) is 5.92 Å². The topological polar surface area (TPSA) is 32.3 Å². The SMILES string of the molecule is CC#CCNC1CCC(=O)N(C)C1. The second kappa shape index (κ2) is 4.88. The van der Waals surface area contributed by atoms with Crippen molar-refractivity contribution >= 4 is 5.91 Å². The highest BCUT2D eigenvalue weighted by atomic mass is 16.2. The first kappa shape index (κ1) is 10.1. The number of hydrogen-bond acceptors (Lipinski definition) is 2. The summed E-state index contributed by atoms with van der Waals surface area (Å²) in [6, 6.07) is 0.420. The van der Waals surface area contributed by atoms with E-state index in [9.17, 15) is 4.79 Å². The summed E-state index contributed by atoms with van der Waals surface area (Å²) in [5.74, 6) is 6.04. The van der Waals surface area contributed by atoms with Gasteiger partial charge in [-0.2, -0.15) is 0 Å². The van der Waals surface area contributed by atoms with Crippen LogP contribution in [0.15, 0.2) is 0 Å². The maximum atomic E-state index is 11.1. The Morgan fingerprint density at radius 3 is 3.08 bits per heavy atom. The summed E-state index contributed by atoms with van der Waals surface area (Å²) in [6.07, 6.45) is 1.60. The Morgan fingerprint density at radius 1 is 1.69 bits per heavy atom. The van der Waals surface area contributed by atoms with E-state index in [1.54, 1.807) is 4.90 Å². The lowest BCUT2D eigenvalue weighted by Crippen LogP contribution is -2.46. The molecule has 72 valence electrons. The van der Waals surface area contributed by atoms with Gasteiger partial charge in [-0.3, -0.25) is 4.79 Å². The quantitative estimate of drug-likeness (QED) is 0.617. The molecule has 1 unspecified atom stereocenters. The van der Waals surface area contributed by atoms with E-state index in [-0.39, 0.29) is 5.91 Å². The van der Waals surface area contributed by atoms with Crippen molar-refractivity contribution in [3.05, 3.63) is 0 Å². The van der Waals surface area contributed by atoms with Gasteiger partial charge >= 0.3 is 0 Å². The van der Waals surface area contributed by atoms with Crippen LogP contribution in [-0.4, -0.2) is 37.0 Å². The van der Waals surface area contributed by atoms with Crippen LogP contribution in [0, 0.1) is 11.8 Å². The normalized spacial score (nSPS) is 22.5. The third-order valence-electron chi connectivity index (χ3n) is 2.28. The number of rotatable bonds is 2. The molecule has 1 heterocycles. The van der Waals surface area contributed by atoms with Crippen LogP contribution in [-0.2, 0) is 4.79 Å². The molecule has 3 nitrogen and oxygen atoms in total. The Morgan fingerprint density at radius 2 is 2.46 bits per heavy atom. The lowest BCUT2D eigenvalue weighted by Gasteiger charge is -2.29. The highest BCUT2D eigenvalue weighted by Crippen LogP contribution is 2.08. The van der Waals surface area contributed by atoms with Crippen LogP contribution < -0.4 is 5.32 Å². The number of nitrogens with one attached hydrogen (secondary N) is 1. The molecule has 13 heavy (non-hydrogen) atoms. The molecule has 3 heteroatoms. The van der Waals surface area contributed by atoms with Crippen molar-refractivity contribution in [2.75, 3.05) is 20.1 Å². The molecule has 1 aliphatic heterocycles. The zero-order valence-corrected chi connectivity index (χ0v) is 8.26. The van der Waals surface area contributed by atoms with E-state index < -0.39 is 0 Å². The largest absolute Gasteiger partial charge is 0.344 e. The fourth-order valence-electron chi connectivity index (χ4n) is 1.46. The Bertz CT molecular complexity index is 239. The van der Waals surface area contributed by atoms with Gasteiger partial charge in [0.05, 0.1) is 6.54 Å².